The highest BCUT2D eigenvalue weighted by atomic mass is 32.2. The zero-order valence-corrected chi connectivity index (χ0v) is 20.8. The van der Waals surface area contributed by atoms with Crippen LogP contribution in [0.25, 0.3) is 0 Å². The third kappa shape index (κ3) is 4.94. The van der Waals surface area contributed by atoms with Gasteiger partial charge in [0.1, 0.15) is 6.04 Å². The number of aryl methyl sites for hydroxylation is 1. The quantitative estimate of drug-likeness (QED) is 0.260. The Morgan fingerprint density at radius 3 is 2.31 bits per heavy atom. The number of ketones is 1. The molecule has 0 aliphatic carbocycles. The van der Waals surface area contributed by atoms with Crippen LogP contribution in [-0.2, 0) is 4.79 Å². The summed E-state index contributed by atoms with van der Waals surface area (Å²) < 4.78 is 1.72. The molecule has 8 heteroatoms. The Bertz CT molecular complexity index is 1430. The van der Waals surface area contributed by atoms with Crippen molar-refractivity contribution in [3.8, 4) is 0 Å². The van der Waals surface area contributed by atoms with Crippen molar-refractivity contribution in [1.29, 1.82) is 0 Å². The number of hydrogen-bond acceptors (Lipinski definition) is 6. The summed E-state index contributed by atoms with van der Waals surface area (Å²) in [5.41, 5.74) is 4.64. The van der Waals surface area contributed by atoms with Crippen LogP contribution >= 0.6 is 11.8 Å². The number of para-hydroxylation sites is 1. The van der Waals surface area contributed by atoms with E-state index in [9.17, 15) is 9.59 Å². The van der Waals surface area contributed by atoms with Gasteiger partial charge in [-0.2, -0.15) is 4.98 Å². The molecule has 5 rings (SSSR count). The largest absolute Gasteiger partial charge is 0.328 e. The van der Waals surface area contributed by atoms with Crippen LogP contribution in [0.1, 0.15) is 34.5 Å². The van der Waals surface area contributed by atoms with E-state index in [2.05, 4.69) is 15.6 Å². The van der Waals surface area contributed by atoms with Crippen LogP contribution in [0.5, 0.6) is 0 Å². The van der Waals surface area contributed by atoms with Crippen molar-refractivity contribution < 1.29 is 9.59 Å². The molecular weight excluding hydrogens is 470 g/mol. The predicted molar refractivity (Wildman–Crippen MR) is 142 cm³/mol. The first-order valence-corrected chi connectivity index (χ1v) is 12.6. The lowest BCUT2D eigenvalue weighted by atomic mass is 9.95. The molecule has 1 atom stereocenters. The number of anilines is 2. The summed E-state index contributed by atoms with van der Waals surface area (Å²) in [4.78, 5) is 30.7. The number of aromatic nitrogens is 3. The normalized spacial score (nSPS) is 14.7. The highest BCUT2D eigenvalue weighted by Crippen LogP contribution is 2.36. The molecule has 2 N–H and O–H groups in total. The molecule has 0 bridgehead atoms. The Kier molecular flexibility index (Phi) is 6.69. The number of rotatable bonds is 7. The molecule has 0 saturated carbocycles. The molecule has 1 aliphatic heterocycles. The van der Waals surface area contributed by atoms with Gasteiger partial charge in [-0.3, -0.25) is 9.59 Å². The van der Waals surface area contributed by atoms with Crippen molar-refractivity contribution in [1.82, 2.24) is 14.8 Å². The van der Waals surface area contributed by atoms with Gasteiger partial charge in [0.05, 0.1) is 11.3 Å². The van der Waals surface area contributed by atoms with Crippen molar-refractivity contribution in [3.63, 3.8) is 0 Å². The maximum absolute atomic E-state index is 13.5. The second-order valence-electron chi connectivity index (χ2n) is 8.54. The van der Waals surface area contributed by atoms with Crippen LogP contribution in [0.2, 0.25) is 0 Å². The number of amides is 1. The summed E-state index contributed by atoms with van der Waals surface area (Å²) >= 11 is 1.28. The molecule has 1 aliphatic rings. The molecule has 2 heterocycles. The van der Waals surface area contributed by atoms with Gasteiger partial charge in [0.2, 0.25) is 11.1 Å². The Labute approximate surface area is 213 Å². The lowest BCUT2D eigenvalue weighted by Gasteiger charge is -2.28. The summed E-state index contributed by atoms with van der Waals surface area (Å²) in [5.74, 6) is 0.543. The zero-order chi connectivity index (χ0) is 25.1. The van der Waals surface area contributed by atoms with E-state index >= 15 is 0 Å². The molecular formula is C28H25N5O2S. The lowest BCUT2D eigenvalue weighted by molar-refractivity contribution is -0.113. The monoisotopic (exact) mass is 495 g/mol. The average Bonchev–Trinajstić information content (AvgIpc) is 3.30. The first-order valence-electron chi connectivity index (χ1n) is 11.6. The minimum absolute atomic E-state index is 0.0116. The van der Waals surface area contributed by atoms with Gasteiger partial charge < -0.3 is 10.6 Å². The van der Waals surface area contributed by atoms with Gasteiger partial charge in [-0.05, 0) is 31.5 Å². The number of allylic oxidation sites excluding steroid dienone is 1. The number of fused-ring (bicyclic) bond motifs is 1. The van der Waals surface area contributed by atoms with Crippen LogP contribution in [0.15, 0.2) is 101 Å². The molecule has 180 valence electrons. The summed E-state index contributed by atoms with van der Waals surface area (Å²) in [7, 11) is 0. The van der Waals surface area contributed by atoms with Gasteiger partial charge in [-0.15, -0.1) is 5.10 Å². The molecule has 0 radical (unpaired) electrons. The number of hydrogen-bond donors (Lipinski definition) is 2. The summed E-state index contributed by atoms with van der Waals surface area (Å²) in [6.45, 7) is 3.85. The van der Waals surface area contributed by atoms with Crippen molar-refractivity contribution in [3.05, 3.63) is 113 Å². The molecule has 36 heavy (non-hydrogen) atoms. The number of nitrogens with one attached hydrogen (secondary N) is 2. The molecule has 7 nitrogen and oxygen atoms in total. The molecule has 1 aromatic heterocycles. The Morgan fingerprint density at radius 2 is 1.61 bits per heavy atom. The predicted octanol–water partition coefficient (Wildman–Crippen LogP) is 5.49. The van der Waals surface area contributed by atoms with E-state index < -0.39 is 6.04 Å². The fraction of sp³-hybridized carbons (Fsp3) is 0.143. The van der Waals surface area contributed by atoms with Gasteiger partial charge in [0.15, 0.2) is 5.78 Å². The van der Waals surface area contributed by atoms with E-state index in [0.29, 0.717) is 33.6 Å². The minimum Gasteiger partial charge on any atom is -0.328 e. The van der Waals surface area contributed by atoms with Crippen LogP contribution in [0.3, 0.4) is 0 Å². The molecule has 0 saturated heterocycles. The van der Waals surface area contributed by atoms with Crippen molar-refractivity contribution in [2.45, 2.75) is 25.0 Å². The van der Waals surface area contributed by atoms with E-state index in [0.717, 1.165) is 11.1 Å². The third-order valence-electron chi connectivity index (χ3n) is 5.93. The second-order valence-corrected chi connectivity index (χ2v) is 9.48. The number of carbonyl (C=O) groups is 2. The molecule has 3 aromatic carbocycles. The highest BCUT2D eigenvalue weighted by molar-refractivity contribution is 7.99. The van der Waals surface area contributed by atoms with Crippen LogP contribution in [0, 0.1) is 6.92 Å². The number of Topliss-reactive ketones (excluding diaryl/α,β-unsaturated/α-hetero) is 1. The number of benzene rings is 3. The zero-order valence-electron chi connectivity index (χ0n) is 19.9. The standard InChI is InChI=1S/C28H25N5O2S/c1-18-13-15-20(16-14-18)23(34)17-36-28-31-27-29-19(2)24(26(35)30-22-11-7-4-8-12-22)25(33(27)32-28)21-9-5-3-6-10-21/h3-16,25H,17H2,1-2H3,(H,30,35)(H,29,31,32). The summed E-state index contributed by atoms with van der Waals surface area (Å²) in [6.07, 6.45) is 0. The van der Waals surface area contributed by atoms with Crippen LogP contribution < -0.4 is 10.6 Å². The highest BCUT2D eigenvalue weighted by Gasteiger charge is 2.34. The van der Waals surface area contributed by atoms with E-state index in [4.69, 9.17) is 5.10 Å². The summed E-state index contributed by atoms with van der Waals surface area (Å²) in [5, 5.41) is 11.4. The minimum atomic E-state index is -0.471. The maximum atomic E-state index is 13.5. The Hall–Kier alpha value is -4.17. The molecule has 1 amide bonds. The first kappa shape index (κ1) is 23.6. The van der Waals surface area contributed by atoms with E-state index in [1.807, 2.05) is 98.8 Å². The van der Waals surface area contributed by atoms with Crippen LogP contribution in [0.4, 0.5) is 11.6 Å². The van der Waals surface area contributed by atoms with Gasteiger partial charge in [-0.25, -0.2) is 4.68 Å². The van der Waals surface area contributed by atoms with E-state index in [1.54, 1.807) is 4.68 Å². The molecule has 0 spiro atoms. The smallest absolute Gasteiger partial charge is 0.255 e. The maximum Gasteiger partial charge on any atom is 0.255 e. The van der Waals surface area contributed by atoms with Crippen LogP contribution in [-0.4, -0.2) is 32.2 Å². The van der Waals surface area contributed by atoms with Crippen molar-refractivity contribution in [2.75, 3.05) is 16.4 Å². The number of carbonyl (C=O) groups excluding carboxylic acids is 2. The van der Waals surface area contributed by atoms with Gasteiger partial charge in [-0.1, -0.05) is 90.1 Å². The van der Waals surface area contributed by atoms with Gasteiger partial charge in [0.25, 0.3) is 5.91 Å². The molecule has 1 unspecified atom stereocenters. The fourth-order valence-corrected chi connectivity index (χ4v) is 4.83. The Morgan fingerprint density at radius 1 is 0.944 bits per heavy atom. The SMILES string of the molecule is CC1=C(C(=O)Nc2ccccc2)C(c2ccccc2)n2nc(SCC(=O)c3ccc(C)cc3)nc2N1. The van der Waals surface area contributed by atoms with Crippen molar-refractivity contribution in [2.24, 2.45) is 0 Å². The Balaban J connectivity index is 1.43. The topological polar surface area (TPSA) is 88.9 Å². The first-order chi connectivity index (χ1) is 17.5. The van der Waals surface area contributed by atoms with Gasteiger partial charge in [0, 0.05) is 16.9 Å². The lowest BCUT2D eigenvalue weighted by Crippen LogP contribution is -2.31. The third-order valence-corrected chi connectivity index (χ3v) is 6.77. The molecule has 0 fully saturated rings. The molecule has 4 aromatic rings. The average molecular weight is 496 g/mol. The fourth-order valence-electron chi connectivity index (χ4n) is 4.10. The number of nitrogens with zero attached hydrogens (tertiary/aromatic N) is 3. The number of thioether (sulfide) groups is 1. The second kappa shape index (κ2) is 10.2. The van der Waals surface area contributed by atoms with E-state index in [-0.39, 0.29) is 17.4 Å². The van der Waals surface area contributed by atoms with Gasteiger partial charge >= 0.3 is 0 Å². The summed E-state index contributed by atoms with van der Waals surface area (Å²) in [6, 6.07) is 26.2. The van der Waals surface area contributed by atoms with E-state index in [1.165, 1.54) is 11.8 Å². The van der Waals surface area contributed by atoms with Crippen molar-refractivity contribution >= 4 is 35.1 Å².